The first-order valence-corrected chi connectivity index (χ1v) is 9.38. The second kappa shape index (κ2) is 13.0. The minimum absolute atomic E-state index is 0.603. The van der Waals surface area contributed by atoms with Gasteiger partial charge in [0.25, 0.3) is 0 Å². The molecule has 2 rings (SSSR count). The summed E-state index contributed by atoms with van der Waals surface area (Å²) < 4.78 is 15.8. The van der Waals surface area contributed by atoms with Crippen LogP contribution in [0.3, 0.4) is 0 Å². The highest BCUT2D eigenvalue weighted by Gasteiger charge is 1.93. The summed E-state index contributed by atoms with van der Waals surface area (Å²) in [6, 6.07) is 17.1. The average Bonchev–Trinajstić information content (AvgIpc) is 2.71. The summed E-state index contributed by atoms with van der Waals surface area (Å²) >= 11 is 0. The molecule has 0 bridgehead atoms. The lowest BCUT2D eigenvalue weighted by atomic mass is 10.1. The Balaban J connectivity index is 1.64. The van der Waals surface area contributed by atoms with Crippen molar-refractivity contribution in [2.24, 2.45) is 0 Å². The molecule has 0 N–H and O–H groups in total. The fourth-order valence-corrected chi connectivity index (χ4v) is 2.60. The molecule has 0 aliphatic rings. The lowest BCUT2D eigenvalue weighted by Crippen LogP contribution is -1.94. The van der Waals surface area contributed by atoms with Gasteiger partial charge in [0.05, 0.1) is 26.4 Å². The smallest absolute Gasteiger partial charge is 0.0655 e. The summed E-state index contributed by atoms with van der Waals surface area (Å²) in [5, 5.41) is 0. The van der Waals surface area contributed by atoms with Crippen LogP contribution in [0.25, 0.3) is 12.2 Å². The van der Waals surface area contributed by atoms with Crippen molar-refractivity contribution in [3.63, 3.8) is 0 Å². The minimum atomic E-state index is 0.603. The van der Waals surface area contributed by atoms with Crippen LogP contribution in [0.5, 0.6) is 0 Å². The number of benzene rings is 2. The van der Waals surface area contributed by atoms with Crippen molar-refractivity contribution in [3.05, 3.63) is 82.9 Å². The van der Waals surface area contributed by atoms with Crippen molar-refractivity contribution in [1.82, 2.24) is 0 Å². The van der Waals surface area contributed by atoms with Gasteiger partial charge in [-0.2, -0.15) is 0 Å². The van der Waals surface area contributed by atoms with Crippen molar-refractivity contribution < 1.29 is 14.2 Å². The first kappa shape index (κ1) is 21.1. The molecule has 0 radical (unpaired) electrons. The molecule has 27 heavy (non-hydrogen) atoms. The van der Waals surface area contributed by atoms with Gasteiger partial charge in [0.15, 0.2) is 0 Å². The number of hydrogen-bond acceptors (Lipinski definition) is 3. The van der Waals surface area contributed by atoms with Gasteiger partial charge in [-0.3, -0.25) is 0 Å². The van der Waals surface area contributed by atoms with Crippen molar-refractivity contribution in [2.45, 2.75) is 12.8 Å². The second-order valence-corrected chi connectivity index (χ2v) is 6.31. The highest BCUT2D eigenvalue weighted by Crippen LogP contribution is 2.08. The molecular formula is C24H30O3. The number of rotatable bonds is 12. The monoisotopic (exact) mass is 366 g/mol. The lowest BCUT2D eigenvalue weighted by molar-refractivity contribution is 0.195. The molecule has 0 aromatic heterocycles. The highest BCUT2D eigenvalue weighted by atomic mass is 16.5. The summed E-state index contributed by atoms with van der Waals surface area (Å²) in [4.78, 5) is 0. The summed E-state index contributed by atoms with van der Waals surface area (Å²) in [6.07, 6.45) is 10.2. The van der Waals surface area contributed by atoms with Crippen LogP contribution >= 0.6 is 0 Å². The summed E-state index contributed by atoms with van der Waals surface area (Å²) in [5.41, 5.74) is 4.96. The Hall–Kier alpha value is -2.20. The molecule has 0 fully saturated rings. The Labute approximate surface area is 163 Å². The molecule has 0 unspecified atom stereocenters. The molecule has 2 aromatic rings. The van der Waals surface area contributed by atoms with E-state index in [2.05, 4.69) is 60.7 Å². The van der Waals surface area contributed by atoms with Crippen LogP contribution in [-0.2, 0) is 27.1 Å². The van der Waals surface area contributed by atoms with Gasteiger partial charge in [-0.25, -0.2) is 0 Å². The van der Waals surface area contributed by atoms with E-state index in [1.807, 2.05) is 12.2 Å². The average molecular weight is 367 g/mol. The molecule has 0 spiro atoms. The zero-order valence-electron chi connectivity index (χ0n) is 16.4. The molecule has 0 saturated carbocycles. The number of hydrogen-bond donors (Lipinski definition) is 0. The summed E-state index contributed by atoms with van der Waals surface area (Å²) in [6.45, 7) is 2.72. The van der Waals surface area contributed by atoms with Crippen LogP contribution in [0.1, 0.15) is 22.3 Å². The van der Waals surface area contributed by atoms with Gasteiger partial charge >= 0.3 is 0 Å². The van der Waals surface area contributed by atoms with Gasteiger partial charge < -0.3 is 14.2 Å². The topological polar surface area (TPSA) is 27.7 Å². The molecule has 144 valence electrons. The van der Waals surface area contributed by atoms with Crippen molar-refractivity contribution in [1.29, 1.82) is 0 Å². The van der Waals surface area contributed by atoms with E-state index in [-0.39, 0.29) is 0 Å². The van der Waals surface area contributed by atoms with Crippen LogP contribution in [0.4, 0.5) is 0 Å². The zero-order valence-corrected chi connectivity index (χ0v) is 16.4. The van der Waals surface area contributed by atoms with Crippen molar-refractivity contribution in [2.75, 3.05) is 40.6 Å². The van der Waals surface area contributed by atoms with E-state index < -0.39 is 0 Å². The van der Waals surface area contributed by atoms with E-state index >= 15 is 0 Å². The first-order valence-electron chi connectivity index (χ1n) is 9.38. The van der Waals surface area contributed by atoms with E-state index in [1.54, 1.807) is 14.2 Å². The Morgan fingerprint density at radius 1 is 0.630 bits per heavy atom. The van der Waals surface area contributed by atoms with Crippen LogP contribution in [0.15, 0.2) is 60.7 Å². The molecule has 0 heterocycles. The number of ether oxygens (including phenoxy) is 3. The maximum Gasteiger partial charge on any atom is 0.0655 e. The first-order chi connectivity index (χ1) is 13.3. The normalized spacial score (nSPS) is 11.6. The Kier molecular flexibility index (Phi) is 10.2. The fraction of sp³-hybridized carbons (Fsp3) is 0.333. The standard InChI is InChI=1S/C24H30O3/c1-25-19-15-23-11-7-21(8-12-23)5-3-17-27-18-4-6-22-9-13-24(14-10-22)16-20-26-2/h3-14H,15-20H2,1-2H3. The predicted molar refractivity (Wildman–Crippen MR) is 113 cm³/mol. The Morgan fingerprint density at radius 3 is 1.41 bits per heavy atom. The Morgan fingerprint density at radius 2 is 1.04 bits per heavy atom. The molecule has 3 heteroatoms. The van der Waals surface area contributed by atoms with E-state index in [4.69, 9.17) is 14.2 Å². The molecule has 0 saturated heterocycles. The third kappa shape index (κ3) is 8.83. The minimum Gasteiger partial charge on any atom is -0.384 e. The molecule has 0 amide bonds. The van der Waals surface area contributed by atoms with Gasteiger partial charge in [-0.05, 0) is 35.1 Å². The zero-order chi connectivity index (χ0) is 19.2. The van der Waals surface area contributed by atoms with Gasteiger partial charge in [-0.1, -0.05) is 72.8 Å². The Bertz CT molecular complexity index is 623. The van der Waals surface area contributed by atoms with Gasteiger partial charge in [0, 0.05) is 14.2 Å². The van der Waals surface area contributed by atoms with Gasteiger partial charge in [0.1, 0.15) is 0 Å². The highest BCUT2D eigenvalue weighted by molar-refractivity contribution is 5.50. The fourth-order valence-electron chi connectivity index (χ4n) is 2.60. The lowest BCUT2D eigenvalue weighted by Gasteiger charge is -2.01. The maximum atomic E-state index is 5.62. The molecule has 0 aliphatic carbocycles. The number of methoxy groups -OCH3 is 2. The van der Waals surface area contributed by atoms with Crippen molar-refractivity contribution >= 4 is 12.2 Å². The summed E-state index contributed by atoms with van der Waals surface area (Å²) in [5.74, 6) is 0. The molecular weight excluding hydrogens is 336 g/mol. The largest absolute Gasteiger partial charge is 0.384 e. The van der Waals surface area contributed by atoms with Crippen LogP contribution in [-0.4, -0.2) is 40.6 Å². The third-order valence-electron chi connectivity index (χ3n) is 4.20. The second-order valence-electron chi connectivity index (χ2n) is 6.31. The van der Waals surface area contributed by atoms with Crippen LogP contribution in [0.2, 0.25) is 0 Å². The molecule has 3 nitrogen and oxygen atoms in total. The van der Waals surface area contributed by atoms with Crippen LogP contribution < -0.4 is 0 Å². The van der Waals surface area contributed by atoms with E-state index in [0.717, 1.165) is 26.1 Å². The quantitative estimate of drug-likeness (QED) is 0.505. The van der Waals surface area contributed by atoms with Crippen molar-refractivity contribution in [3.8, 4) is 0 Å². The molecule has 2 aromatic carbocycles. The van der Waals surface area contributed by atoms with Gasteiger partial charge in [0.2, 0.25) is 0 Å². The van der Waals surface area contributed by atoms with Crippen LogP contribution in [0, 0.1) is 0 Å². The maximum absolute atomic E-state index is 5.62. The van der Waals surface area contributed by atoms with E-state index in [1.165, 1.54) is 22.3 Å². The molecule has 0 aliphatic heterocycles. The third-order valence-corrected chi connectivity index (χ3v) is 4.20. The summed E-state index contributed by atoms with van der Waals surface area (Å²) in [7, 11) is 3.46. The van der Waals surface area contributed by atoms with E-state index in [9.17, 15) is 0 Å². The van der Waals surface area contributed by atoms with E-state index in [0.29, 0.717) is 13.2 Å². The molecule has 0 atom stereocenters. The predicted octanol–water partition coefficient (Wildman–Crippen LogP) is 4.81. The SMILES string of the molecule is COCCc1ccc(C=CCOCC=Cc2ccc(CCOC)cc2)cc1. The van der Waals surface area contributed by atoms with Gasteiger partial charge in [-0.15, -0.1) is 0 Å².